The zero-order chi connectivity index (χ0) is 9.80. The molecule has 1 aliphatic heterocycles. The Hall–Kier alpha value is -1.25. The van der Waals surface area contributed by atoms with Crippen molar-refractivity contribution in [3.8, 4) is 5.75 Å². The highest BCUT2D eigenvalue weighted by Gasteiger charge is 2.11. The zero-order valence-corrected chi connectivity index (χ0v) is 8.57. The van der Waals surface area contributed by atoms with Gasteiger partial charge in [-0.2, -0.15) is 0 Å². The molecule has 1 saturated heterocycles. The van der Waals surface area contributed by atoms with Crippen molar-refractivity contribution in [1.82, 2.24) is 4.98 Å². The van der Waals surface area contributed by atoms with Crippen molar-refractivity contribution in [1.29, 1.82) is 0 Å². The topological polar surface area (TPSA) is 25.4 Å². The van der Waals surface area contributed by atoms with Gasteiger partial charge in [0.05, 0.1) is 13.3 Å². The number of methoxy groups -OCH3 is 1. The van der Waals surface area contributed by atoms with Crippen LogP contribution in [0.15, 0.2) is 18.3 Å². The number of ether oxygens (including phenoxy) is 1. The molecule has 0 atom stereocenters. The van der Waals surface area contributed by atoms with Crippen LogP contribution in [0.2, 0.25) is 0 Å². The van der Waals surface area contributed by atoms with Crippen molar-refractivity contribution in [3.05, 3.63) is 18.3 Å². The molecule has 3 heteroatoms. The van der Waals surface area contributed by atoms with Gasteiger partial charge in [-0.3, -0.25) is 0 Å². The van der Waals surface area contributed by atoms with Crippen LogP contribution in [0.4, 0.5) is 5.82 Å². The molecule has 0 bridgehead atoms. The molecule has 0 radical (unpaired) electrons. The molecule has 2 heterocycles. The van der Waals surface area contributed by atoms with Crippen molar-refractivity contribution in [2.45, 2.75) is 19.3 Å². The highest BCUT2D eigenvalue weighted by molar-refractivity contribution is 5.40. The molecule has 1 aliphatic rings. The molecule has 76 valence electrons. The molecule has 0 saturated carbocycles. The van der Waals surface area contributed by atoms with Crippen molar-refractivity contribution in [3.63, 3.8) is 0 Å². The van der Waals surface area contributed by atoms with Gasteiger partial charge < -0.3 is 9.64 Å². The summed E-state index contributed by atoms with van der Waals surface area (Å²) in [5, 5.41) is 0. The quantitative estimate of drug-likeness (QED) is 0.717. The molecular weight excluding hydrogens is 176 g/mol. The largest absolute Gasteiger partial charge is 0.495 e. The van der Waals surface area contributed by atoms with Crippen LogP contribution in [0.1, 0.15) is 19.3 Å². The van der Waals surface area contributed by atoms with Gasteiger partial charge in [0.25, 0.3) is 0 Å². The van der Waals surface area contributed by atoms with E-state index < -0.39 is 0 Å². The van der Waals surface area contributed by atoms with Crippen molar-refractivity contribution >= 4 is 5.82 Å². The Morgan fingerprint density at radius 1 is 1.21 bits per heavy atom. The van der Waals surface area contributed by atoms with E-state index in [4.69, 9.17) is 4.74 Å². The first-order chi connectivity index (χ1) is 6.90. The molecule has 14 heavy (non-hydrogen) atoms. The number of piperidine rings is 1. The molecule has 0 amide bonds. The van der Waals surface area contributed by atoms with E-state index in [-0.39, 0.29) is 0 Å². The Balaban J connectivity index is 2.07. The second kappa shape index (κ2) is 4.31. The van der Waals surface area contributed by atoms with Crippen LogP contribution in [-0.2, 0) is 0 Å². The number of rotatable bonds is 2. The number of aromatic nitrogens is 1. The fraction of sp³-hybridized carbons (Fsp3) is 0.545. The third kappa shape index (κ3) is 1.97. The van der Waals surface area contributed by atoms with E-state index in [2.05, 4.69) is 9.88 Å². The van der Waals surface area contributed by atoms with Crippen molar-refractivity contribution in [2.75, 3.05) is 25.1 Å². The minimum Gasteiger partial charge on any atom is -0.495 e. The fourth-order valence-electron chi connectivity index (χ4n) is 1.80. The lowest BCUT2D eigenvalue weighted by Gasteiger charge is -2.27. The SMILES string of the molecule is COc1ccc(N2CCCCC2)nc1. The average molecular weight is 192 g/mol. The van der Waals surface area contributed by atoms with Gasteiger partial charge in [0.15, 0.2) is 0 Å². The van der Waals surface area contributed by atoms with Gasteiger partial charge in [-0.25, -0.2) is 4.98 Å². The lowest BCUT2D eigenvalue weighted by molar-refractivity contribution is 0.412. The van der Waals surface area contributed by atoms with Gasteiger partial charge in [0.2, 0.25) is 0 Å². The standard InChI is InChI=1S/C11H16N2O/c1-14-10-5-6-11(12-9-10)13-7-3-2-4-8-13/h5-6,9H,2-4,7-8H2,1H3. The molecule has 2 rings (SSSR count). The summed E-state index contributed by atoms with van der Waals surface area (Å²) in [6, 6.07) is 4.00. The number of nitrogens with zero attached hydrogens (tertiary/aromatic N) is 2. The van der Waals surface area contributed by atoms with Crippen LogP contribution < -0.4 is 9.64 Å². The summed E-state index contributed by atoms with van der Waals surface area (Å²) in [7, 11) is 1.66. The molecule has 3 nitrogen and oxygen atoms in total. The predicted octanol–water partition coefficient (Wildman–Crippen LogP) is 2.08. The number of anilines is 1. The Kier molecular flexibility index (Phi) is 2.87. The van der Waals surface area contributed by atoms with Gasteiger partial charge in [0, 0.05) is 13.1 Å². The second-order valence-corrected chi connectivity index (χ2v) is 3.60. The van der Waals surface area contributed by atoms with Gasteiger partial charge in [-0.05, 0) is 31.4 Å². The highest BCUT2D eigenvalue weighted by Crippen LogP contribution is 2.19. The molecule has 1 aromatic heterocycles. The maximum absolute atomic E-state index is 5.08. The van der Waals surface area contributed by atoms with E-state index >= 15 is 0 Å². The van der Waals surface area contributed by atoms with Crippen molar-refractivity contribution < 1.29 is 4.74 Å². The number of pyridine rings is 1. The van der Waals surface area contributed by atoms with Crippen LogP contribution >= 0.6 is 0 Å². The summed E-state index contributed by atoms with van der Waals surface area (Å²) in [6.07, 6.45) is 5.71. The lowest BCUT2D eigenvalue weighted by Crippen LogP contribution is -2.29. The number of hydrogen-bond donors (Lipinski definition) is 0. The van der Waals surface area contributed by atoms with E-state index in [1.807, 2.05) is 12.1 Å². The van der Waals surface area contributed by atoms with E-state index in [1.54, 1.807) is 13.3 Å². The summed E-state index contributed by atoms with van der Waals surface area (Å²) in [5.74, 6) is 1.90. The third-order valence-corrected chi connectivity index (χ3v) is 2.64. The van der Waals surface area contributed by atoms with Crippen LogP contribution in [0.3, 0.4) is 0 Å². The molecule has 0 aromatic carbocycles. The lowest BCUT2D eigenvalue weighted by atomic mass is 10.1. The van der Waals surface area contributed by atoms with Crippen LogP contribution in [0.5, 0.6) is 5.75 Å². The van der Waals surface area contributed by atoms with E-state index in [0.29, 0.717) is 0 Å². The van der Waals surface area contributed by atoms with Crippen molar-refractivity contribution in [2.24, 2.45) is 0 Å². The molecule has 0 spiro atoms. The summed E-state index contributed by atoms with van der Waals surface area (Å²) in [6.45, 7) is 2.28. The molecule has 0 unspecified atom stereocenters. The first-order valence-electron chi connectivity index (χ1n) is 5.15. The summed E-state index contributed by atoms with van der Waals surface area (Å²) in [4.78, 5) is 6.71. The smallest absolute Gasteiger partial charge is 0.137 e. The van der Waals surface area contributed by atoms with Crippen LogP contribution in [-0.4, -0.2) is 25.2 Å². The Bertz CT molecular complexity index is 278. The first kappa shape index (κ1) is 9.31. The highest BCUT2D eigenvalue weighted by atomic mass is 16.5. The zero-order valence-electron chi connectivity index (χ0n) is 8.57. The van der Waals surface area contributed by atoms with E-state index in [1.165, 1.54) is 19.3 Å². The molecule has 0 aliphatic carbocycles. The molecule has 1 aromatic rings. The minimum atomic E-state index is 0.825. The van der Waals surface area contributed by atoms with Gasteiger partial charge in [-0.1, -0.05) is 0 Å². The number of hydrogen-bond acceptors (Lipinski definition) is 3. The third-order valence-electron chi connectivity index (χ3n) is 2.64. The summed E-state index contributed by atoms with van der Waals surface area (Å²) in [5.41, 5.74) is 0. The molecular formula is C11H16N2O. The Labute approximate surface area is 84.7 Å². The van der Waals surface area contributed by atoms with Gasteiger partial charge in [-0.15, -0.1) is 0 Å². The van der Waals surface area contributed by atoms with Crippen LogP contribution in [0.25, 0.3) is 0 Å². The molecule has 1 fully saturated rings. The summed E-state index contributed by atoms with van der Waals surface area (Å²) < 4.78 is 5.08. The fourth-order valence-corrected chi connectivity index (χ4v) is 1.80. The predicted molar refractivity (Wildman–Crippen MR) is 56.9 cm³/mol. The van der Waals surface area contributed by atoms with E-state index in [0.717, 1.165) is 24.7 Å². The van der Waals surface area contributed by atoms with E-state index in [9.17, 15) is 0 Å². The summed E-state index contributed by atoms with van der Waals surface area (Å²) >= 11 is 0. The van der Waals surface area contributed by atoms with Gasteiger partial charge in [0.1, 0.15) is 11.6 Å². The second-order valence-electron chi connectivity index (χ2n) is 3.60. The minimum absolute atomic E-state index is 0.825. The van der Waals surface area contributed by atoms with Gasteiger partial charge >= 0.3 is 0 Å². The molecule has 0 N–H and O–H groups in total. The monoisotopic (exact) mass is 192 g/mol. The van der Waals surface area contributed by atoms with Crippen LogP contribution in [0, 0.1) is 0 Å². The maximum atomic E-state index is 5.08. The average Bonchev–Trinajstić information content (AvgIpc) is 2.30. The normalized spacial score (nSPS) is 16.8. The Morgan fingerprint density at radius 2 is 2.00 bits per heavy atom. The maximum Gasteiger partial charge on any atom is 0.137 e. The Morgan fingerprint density at radius 3 is 2.57 bits per heavy atom. The first-order valence-corrected chi connectivity index (χ1v) is 5.15.